The van der Waals surface area contributed by atoms with E-state index in [4.69, 9.17) is 9.40 Å². The highest BCUT2D eigenvalue weighted by atomic mass is 16.3. The molecule has 0 spiro atoms. The molecular formula is C39H26N2O. The molecule has 0 saturated heterocycles. The minimum Gasteiger partial charge on any atom is -0.456 e. The molecule has 0 bridgehead atoms. The largest absolute Gasteiger partial charge is 0.456 e. The third kappa shape index (κ3) is 3.16. The SMILES string of the molecule is CC1(C)c2ccccc2-c2cc(-c3ccc(-c4ccc5ccc6cccnc6c5n4)cc3)c3c(oc4ccccc43)c21. The quantitative estimate of drug-likeness (QED) is 0.206. The van der Waals surface area contributed by atoms with Gasteiger partial charge in [0.1, 0.15) is 11.2 Å². The van der Waals surface area contributed by atoms with Gasteiger partial charge in [0.05, 0.1) is 16.7 Å². The normalized spacial score (nSPS) is 13.7. The number of aromatic nitrogens is 2. The van der Waals surface area contributed by atoms with Gasteiger partial charge in [0, 0.05) is 44.3 Å². The van der Waals surface area contributed by atoms with Crippen LogP contribution in [-0.2, 0) is 5.41 Å². The van der Waals surface area contributed by atoms with Crippen molar-refractivity contribution >= 4 is 43.7 Å². The molecule has 9 rings (SSSR count). The Morgan fingerprint density at radius 2 is 1.36 bits per heavy atom. The van der Waals surface area contributed by atoms with Gasteiger partial charge in [-0.15, -0.1) is 0 Å². The standard InChI is InChI=1S/C39H26N2O/c1-39(2)31-11-5-3-9-27(31)30-22-29(34-28-10-4-6-12-33(28)42-38(34)35(30)39)23-13-15-24(16-14-23)32-20-19-26-18-17-25-8-7-21-40-36(25)37(26)41-32/h3-22H,1-2H3. The van der Waals surface area contributed by atoms with Crippen LogP contribution in [0, 0.1) is 0 Å². The topological polar surface area (TPSA) is 38.9 Å². The lowest BCUT2D eigenvalue weighted by Crippen LogP contribution is -2.15. The van der Waals surface area contributed by atoms with E-state index >= 15 is 0 Å². The van der Waals surface area contributed by atoms with Crippen LogP contribution in [0.1, 0.15) is 25.0 Å². The van der Waals surface area contributed by atoms with E-state index in [1.165, 1.54) is 33.2 Å². The lowest BCUT2D eigenvalue weighted by molar-refractivity contribution is 0.620. The van der Waals surface area contributed by atoms with E-state index in [-0.39, 0.29) is 5.41 Å². The third-order valence-electron chi connectivity index (χ3n) is 9.09. The molecule has 0 fully saturated rings. The molecule has 198 valence electrons. The second-order valence-corrected chi connectivity index (χ2v) is 11.8. The fourth-order valence-corrected chi connectivity index (χ4v) is 7.06. The van der Waals surface area contributed by atoms with E-state index in [2.05, 4.69) is 128 Å². The smallest absolute Gasteiger partial charge is 0.140 e. The van der Waals surface area contributed by atoms with E-state index in [1.54, 1.807) is 0 Å². The van der Waals surface area contributed by atoms with Crippen LogP contribution in [0.5, 0.6) is 0 Å². The summed E-state index contributed by atoms with van der Waals surface area (Å²) in [5.74, 6) is 0. The summed E-state index contributed by atoms with van der Waals surface area (Å²) in [5.41, 5.74) is 13.2. The van der Waals surface area contributed by atoms with Crippen LogP contribution in [0.3, 0.4) is 0 Å². The number of nitrogens with zero attached hydrogens (tertiary/aromatic N) is 2. The van der Waals surface area contributed by atoms with Gasteiger partial charge in [0.25, 0.3) is 0 Å². The maximum absolute atomic E-state index is 6.68. The van der Waals surface area contributed by atoms with Crippen LogP contribution < -0.4 is 0 Å². The number of furan rings is 1. The van der Waals surface area contributed by atoms with Crippen molar-refractivity contribution in [3.05, 3.63) is 133 Å². The molecule has 0 aliphatic heterocycles. The zero-order valence-electron chi connectivity index (χ0n) is 23.3. The maximum Gasteiger partial charge on any atom is 0.140 e. The van der Waals surface area contributed by atoms with Crippen LogP contribution in [0.4, 0.5) is 0 Å². The summed E-state index contributed by atoms with van der Waals surface area (Å²) < 4.78 is 6.68. The number of benzene rings is 5. The first kappa shape index (κ1) is 23.4. The molecule has 0 N–H and O–H groups in total. The van der Waals surface area contributed by atoms with Crippen molar-refractivity contribution in [3.63, 3.8) is 0 Å². The highest BCUT2D eigenvalue weighted by Gasteiger charge is 2.39. The summed E-state index contributed by atoms with van der Waals surface area (Å²) >= 11 is 0. The average molecular weight is 539 g/mol. The number of pyridine rings is 2. The van der Waals surface area contributed by atoms with E-state index in [0.29, 0.717) is 0 Å². The lowest BCUT2D eigenvalue weighted by atomic mass is 9.81. The lowest BCUT2D eigenvalue weighted by Gasteiger charge is -2.22. The molecule has 3 aromatic heterocycles. The van der Waals surface area contributed by atoms with E-state index in [0.717, 1.165) is 55.2 Å². The highest BCUT2D eigenvalue weighted by molar-refractivity contribution is 6.16. The van der Waals surface area contributed by atoms with Crippen molar-refractivity contribution in [2.75, 3.05) is 0 Å². The van der Waals surface area contributed by atoms with Crippen LogP contribution in [0.2, 0.25) is 0 Å². The van der Waals surface area contributed by atoms with Crippen LogP contribution >= 0.6 is 0 Å². The number of hydrogen-bond donors (Lipinski definition) is 0. The Kier molecular flexibility index (Phi) is 4.67. The third-order valence-corrected chi connectivity index (χ3v) is 9.09. The number of para-hydroxylation sites is 1. The monoisotopic (exact) mass is 538 g/mol. The first-order valence-electron chi connectivity index (χ1n) is 14.4. The molecule has 0 unspecified atom stereocenters. The van der Waals surface area contributed by atoms with Gasteiger partial charge >= 0.3 is 0 Å². The van der Waals surface area contributed by atoms with Gasteiger partial charge in [-0.1, -0.05) is 105 Å². The Bertz CT molecular complexity index is 2380. The second-order valence-electron chi connectivity index (χ2n) is 11.8. The number of fused-ring (bicyclic) bond motifs is 10. The van der Waals surface area contributed by atoms with Crippen molar-refractivity contribution in [2.45, 2.75) is 19.3 Å². The molecule has 0 amide bonds. The number of hydrogen-bond acceptors (Lipinski definition) is 3. The predicted octanol–water partition coefficient (Wildman–Crippen LogP) is 10.3. The predicted molar refractivity (Wildman–Crippen MR) is 173 cm³/mol. The van der Waals surface area contributed by atoms with Crippen LogP contribution in [0.15, 0.2) is 126 Å². The minimum absolute atomic E-state index is 0.152. The van der Waals surface area contributed by atoms with Crippen LogP contribution in [0.25, 0.3) is 77.3 Å². The maximum atomic E-state index is 6.68. The van der Waals surface area contributed by atoms with Crippen molar-refractivity contribution in [2.24, 2.45) is 0 Å². The van der Waals surface area contributed by atoms with E-state index < -0.39 is 0 Å². The zero-order valence-corrected chi connectivity index (χ0v) is 23.3. The fraction of sp³-hybridized carbons (Fsp3) is 0.0769. The Morgan fingerprint density at radius 3 is 2.24 bits per heavy atom. The fourth-order valence-electron chi connectivity index (χ4n) is 7.06. The summed E-state index contributed by atoms with van der Waals surface area (Å²) in [7, 11) is 0. The molecule has 8 aromatic rings. The first-order valence-corrected chi connectivity index (χ1v) is 14.4. The molecule has 3 heterocycles. The number of rotatable bonds is 2. The molecule has 0 saturated carbocycles. The molecule has 0 radical (unpaired) electrons. The van der Waals surface area contributed by atoms with E-state index in [9.17, 15) is 0 Å². The van der Waals surface area contributed by atoms with Crippen molar-refractivity contribution < 1.29 is 4.42 Å². The Morgan fingerprint density at radius 1 is 0.619 bits per heavy atom. The van der Waals surface area contributed by atoms with Gasteiger partial charge in [0.2, 0.25) is 0 Å². The van der Waals surface area contributed by atoms with Crippen LogP contribution in [-0.4, -0.2) is 9.97 Å². The molecule has 0 atom stereocenters. The summed E-state index contributed by atoms with van der Waals surface area (Å²) in [6.45, 7) is 4.63. The summed E-state index contributed by atoms with van der Waals surface area (Å²) in [6.07, 6.45) is 1.83. The molecule has 5 aromatic carbocycles. The Balaban J connectivity index is 1.25. The summed E-state index contributed by atoms with van der Waals surface area (Å²) in [4.78, 5) is 9.70. The Labute approximate surface area is 243 Å². The summed E-state index contributed by atoms with van der Waals surface area (Å²) in [5, 5.41) is 4.52. The minimum atomic E-state index is -0.152. The molecule has 42 heavy (non-hydrogen) atoms. The highest BCUT2D eigenvalue weighted by Crippen LogP contribution is 2.54. The van der Waals surface area contributed by atoms with E-state index in [1.807, 2.05) is 12.3 Å². The van der Waals surface area contributed by atoms with Gasteiger partial charge in [0.15, 0.2) is 0 Å². The molecule has 3 nitrogen and oxygen atoms in total. The van der Waals surface area contributed by atoms with Gasteiger partial charge in [-0.3, -0.25) is 4.98 Å². The van der Waals surface area contributed by atoms with Crippen molar-refractivity contribution in [1.29, 1.82) is 0 Å². The average Bonchev–Trinajstić information content (AvgIpc) is 3.53. The molecule has 1 aliphatic rings. The van der Waals surface area contributed by atoms with Gasteiger partial charge < -0.3 is 4.42 Å². The zero-order chi connectivity index (χ0) is 28.0. The second kappa shape index (κ2) is 8.37. The molecule has 1 aliphatic carbocycles. The van der Waals surface area contributed by atoms with Gasteiger partial charge in [-0.2, -0.15) is 0 Å². The van der Waals surface area contributed by atoms with Gasteiger partial charge in [-0.25, -0.2) is 4.98 Å². The van der Waals surface area contributed by atoms with Crippen molar-refractivity contribution in [1.82, 2.24) is 9.97 Å². The van der Waals surface area contributed by atoms with Gasteiger partial charge in [-0.05, 0) is 52.1 Å². The summed E-state index contributed by atoms with van der Waals surface area (Å²) in [6, 6.07) is 40.9. The van der Waals surface area contributed by atoms with Crippen molar-refractivity contribution in [3.8, 4) is 33.5 Å². The molecule has 3 heteroatoms. The molecular weight excluding hydrogens is 512 g/mol. The first-order chi connectivity index (χ1) is 20.6. The Hall–Kier alpha value is -5.28.